The Hall–Kier alpha value is -2.84. The van der Waals surface area contributed by atoms with Crippen LogP contribution in [0.1, 0.15) is 20.7 Å². The number of carbonyl (C=O) groups is 2. The van der Waals surface area contributed by atoms with Gasteiger partial charge in [0.15, 0.2) is 10.9 Å². The van der Waals surface area contributed by atoms with E-state index in [-0.39, 0.29) is 27.1 Å². The Kier molecular flexibility index (Phi) is 6.37. The summed E-state index contributed by atoms with van der Waals surface area (Å²) in [4.78, 5) is 23.5. The second-order valence-corrected chi connectivity index (χ2v) is 5.77. The Labute approximate surface area is 159 Å². The zero-order valence-corrected chi connectivity index (χ0v) is 15.4. The minimum atomic E-state index is -1.17. The first-order valence-corrected chi connectivity index (χ1v) is 8.02. The van der Waals surface area contributed by atoms with E-state index in [2.05, 4.69) is 10.6 Å². The number of thiocarbonyl (C=S) groups is 1. The maximum Gasteiger partial charge on any atom is 0.335 e. The van der Waals surface area contributed by atoms with Crippen molar-refractivity contribution in [2.45, 2.75) is 0 Å². The summed E-state index contributed by atoms with van der Waals surface area (Å²) >= 11 is 11.1. The molecule has 1 amide bonds. The SMILES string of the molecule is COc1ccccc1C(=O)NC(=S)Nc1cc(C(=O)O)cc(Cl)c1OC. The van der Waals surface area contributed by atoms with Crippen molar-refractivity contribution in [1.82, 2.24) is 5.32 Å². The molecule has 0 atom stereocenters. The van der Waals surface area contributed by atoms with Crippen molar-refractivity contribution < 1.29 is 24.2 Å². The van der Waals surface area contributed by atoms with E-state index >= 15 is 0 Å². The van der Waals surface area contributed by atoms with Gasteiger partial charge in [-0.2, -0.15) is 0 Å². The first-order valence-electron chi connectivity index (χ1n) is 7.23. The highest BCUT2D eigenvalue weighted by Gasteiger charge is 2.17. The van der Waals surface area contributed by atoms with Crippen molar-refractivity contribution in [3.63, 3.8) is 0 Å². The monoisotopic (exact) mass is 394 g/mol. The molecule has 2 aromatic rings. The Morgan fingerprint density at radius 3 is 2.46 bits per heavy atom. The van der Waals surface area contributed by atoms with Crippen LogP contribution < -0.4 is 20.1 Å². The van der Waals surface area contributed by atoms with Crippen LogP contribution in [0.5, 0.6) is 11.5 Å². The van der Waals surface area contributed by atoms with Gasteiger partial charge in [-0.05, 0) is 36.5 Å². The van der Waals surface area contributed by atoms with Crippen LogP contribution in [-0.4, -0.2) is 36.3 Å². The third kappa shape index (κ3) is 4.41. The lowest BCUT2D eigenvalue weighted by molar-refractivity contribution is 0.0696. The second kappa shape index (κ2) is 8.50. The maximum absolute atomic E-state index is 12.4. The molecule has 0 saturated heterocycles. The zero-order valence-electron chi connectivity index (χ0n) is 13.8. The average molecular weight is 395 g/mol. The quantitative estimate of drug-likeness (QED) is 0.670. The van der Waals surface area contributed by atoms with E-state index in [0.717, 1.165) is 0 Å². The molecule has 0 aliphatic carbocycles. The van der Waals surface area contributed by atoms with Crippen molar-refractivity contribution >= 4 is 46.5 Å². The number of ether oxygens (including phenoxy) is 2. The van der Waals surface area contributed by atoms with Crippen LogP contribution in [0.25, 0.3) is 0 Å². The van der Waals surface area contributed by atoms with Gasteiger partial charge in [0.2, 0.25) is 0 Å². The fourth-order valence-electron chi connectivity index (χ4n) is 2.17. The lowest BCUT2D eigenvalue weighted by Gasteiger charge is -2.15. The number of para-hydroxylation sites is 1. The molecule has 0 radical (unpaired) electrons. The van der Waals surface area contributed by atoms with E-state index in [1.165, 1.54) is 26.4 Å². The van der Waals surface area contributed by atoms with E-state index in [1.807, 2.05) is 0 Å². The third-order valence-electron chi connectivity index (χ3n) is 3.32. The van der Waals surface area contributed by atoms with Crippen LogP contribution in [-0.2, 0) is 0 Å². The lowest BCUT2D eigenvalue weighted by atomic mass is 10.2. The molecule has 0 aliphatic heterocycles. The van der Waals surface area contributed by atoms with Gasteiger partial charge >= 0.3 is 5.97 Å². The normalized spacial score (nSPS) is 9.96. The number of hydrogen-bond acceptors (Lipinski definition) is 5. The van der Waals surface area contributed by atoms with E-state index in [9.17, 15) is 9.59 Å². The van der Waals surface area contributed by atoms with Crippen molar-refractivity contribution in [2.24, 2.45) is 0 Å². The Morgan fingerprint density at radius 1 is 1.15 bits per heavy atom. The minimum Gasteiger partial charge on any atom is -0.496 e. The molecule has 0 spiro atoms. The number of rotatable bonds is 5. The predicted octanol–water partition coefficient (Wildman–Crippen LogP) is 3.18. The molecule has 0 aliphatic rings. The summed E-state index contributed by atoms with van der Waals surface area (Å²) in [6.07, 6.45) is 0. The summed E-state index contributed by atoms with van der Waals surface area (Å²) in [6, 6.07) is 9.20. The third-order valence-corrected chi connectivity index (χ3v) is 3.81. The fraction of sp³-hybridized carbons (Fsp3) is 0.118. The standard InChI is InChI=1S/C17H15ClN2O5S/c1-24-13-6-4-3-5-10(13)15(21)20-17(26)19-12-8-9(16(22)23)7-11(18)14(12)25-2/h3-8H,1-2H3,(H,22,23)(H2,19,20,21,26). The molecular weight excluding hydrogens is 380 g/mol. The molecule has 0 unspecified atom stereocenters. The largest absolute Gasteiger partial charge is 0.496 e. The van der Waals surface area contributed by atoms with Crippen molar-refractivity contribution in [3.8, 4) is 11.5 Å². The molecule has 2 aromatic carbocycles. The van der Waals surface area contributed by atoms with Gasteiger partial charge in [0, 0.05) is 0 Å². The van der Waals surface area contributed by atoms with Gasteiger partial charge in [-0.1, -0.05) is 23.7 Å². The van der Waals surface area contributed by atoms with Crippen LogP contribution in [0, 0.1) is 0 Å². The molecule has 26 heavy (non-hydrogen) atoms. The second-order valence-electron chi connectivity index (χ2n) is 4.95. The topological polar surface area (TPSA) is 96.9 Å². The highest BCUT2D eigenvalue weighted by atomic mass is 35.5. The number of amides is 1. The summed E-state index contributed by atoms with van der Waals surface area (Å²) in [6.45, 7) is 0. The number of nitrogens with one attached hydrogen (secondary N) is 2. The van der Waals surface area contributed by atoms with Crippen LogP contribution in [0.15, 0.2) is 36.4 Å². The number of carbonyl (C=O) groups excluding carboxylic acids is 1. The van der Waals surface area contributed by atoms with Crippen LogP contribution in [0.4, 0.5) is 5.69 Å². The number of halogens is 1. The van der Waals surface area contributed by atoms with Crippen molar-refractivity contribution in [1.29, 1.82) is 0 Å². The summed E-state index contributed by atoms with van der Waals surface area (Å²) in [7, 11) is 2.83. The van der Waals surface area contributed by atoms with Gasteiger partial charge in [0.1, 0.15) is 5.75 Å². The van der Waals surface area contributed by atoms with Crippen molar-refractivity contribution in [2.75, 3.05) is 19.5 Å². The first kappa shape index (κ1) is 19.5. The van der Waals surface area contributed by atoms with Crippen LogP contribution in [0.2, 0.25) is 5.02 Å². The van der Waals surface area contributed by atoms with Crippen molar-refractivity contribution in [3.05, 3.63) is 52.5 Å². The number of methoxy groups -OCH3 is 2. The number of hydrogen-bond donors (Lipinski definition) is 3. The molecule has 2 rings (SSSR count). The van der Waals surface area contributed by atoms with Gasteiger partial charge in [0.25, 0.3) is 5.91 Å². The van der Waals surface area contributed by atoms with E-state index < -0.39 is 11.9 Å². The number of benzene rings is 2. The maximum atomic E-state index is 12.4. The minimum absolute atomic E-state index is 0.0576. The van der Waals surface area contributed by atoms with Gasteiger partial charge in [-0.15, -0.1) is 0 Å². The van der Waals surface area contributed by atoms with Gasteiger partial charge in [-0.3, -0.25) is 10.1 Å². The highest BCUT2D eigenvalue weighted by molar-refractivity contribution is 7.80. The molecule has 0 heterocycles. The molecule has 0 bridgehead atoms. The van der Waals surface area contributed by atoms with E-state index in [4.69, 9.17) is 38.4 Å². The molecule has 3 N–H and O–H groups in total. The lowest BCUT2D eigenvalue weighted by Crippen LogP contribution is -2.34. The van der Waals surface area contributed by atoms with Crippen LogP contribution >= 0.6 is 23.8 Å². The Morgan fingerprint density at radius 2 is 1.85 bits per heavy atom. The summed E-state index contributed by atoms with van der Waals surface area (Å²) in [5, 5.41) is 14.4. The molecule has 0 aromatic heterocycles. The average Bonchev–Trinajstić information content (AvgIpc) is 2.61. The van der Waals surface area contributed by atoms with E-state index in [0.29, 0.717) is 11.3 Å². The zero-order chi connectivity index (χ0) is 19.3. The van der Waals surface area contributed by atoms with E-state index in [1.54, 1.807) is 24.3 Å². The number of carboxylic acids is 1. The predicted molar refractivity (Wildman–Crippen MR) is 102 cm³/mol. The number of carboxylic acid groups (broad SMARTS) is 1. The molecular formula is C17H15ClN2O5S. The summed E-state index contributed by atoms with van der Waals surface area (Å²) in [5.74, 6) is -1.06. The molecule has 0 saturated carbocycles. The van der Waals surface area contributed by atoms with Crippen LogP contribution in [0.3, 0.4) is 0 Å². The van der Waals surface area contributed by atoms with Gasteiger partial charge in [-0.25, -0.2) is 4.79 Å². The smallest absolute Gasteiger partial charge is 0.335 e. The number of aromatic carboxylic acids is 1. The number of anilines is 1. The molecule has 0 fully saturated rings. The molecule has 9 heteroatoms. The first-order chi connectivity index (χ1) is 12.4. The summed E-state index contributed by atoms with van der Waals surface area (Å²) in [5.41, 5.74) is 0.448. The highest BCUT2D eigenvalue weighted by Crippen LogP contribution is 2.34. The van der Waals surface area contributed by atoms with Gasteiger partial charge in [0.05, 0.1) is 36.1 Å². The fourth-order valence-corrected chi connectivity index (χ4v) is 2.67. The Balaban J connectivity index is 2.22. The summed E-state index contributed by atoms with van der Waals surface area (Å²) < 4.78 is 10.3. The molecule has 136 valence electrons. The Bertz CT molecular complexity index is 872. The van der Waals surface area contributed by atoms with Gasteiger partial charge < -0.3 is 19.9 Å². The molecule has 7 nitrogen and oxygen atoms in total.